The zero-order valence-corrected chi connectivity index (χ0v) is 11.5. The third kappa shape index (κ3) is 2.80. The van der Waals surface area contributed by atoms with Crippen LogP contribution in [0.5, 0.6) is 0 Å². The zero-order valence-electron chi connectivity index (χ0n) is 11.5. The fourth-order valence-corrected chi connectivity index (χ4v) is 2.88. The summed E-state index contributed by atoms with van der Waals surface area (Å²) in [6, 6.07) is 9.04. The SMILES string of the molecule is Cc1nc2ccccc2n1CCNC1CCNCC1. The second-order valence-electron chi connectivity index (χ2n) is 5.28. The van der Waals surface area contributed by atoms with Crippen molar-refractivity contribution in [3.05, 3.63) is 30.1 Å². The summed E-state index contributed by atoms with van der Waals surface area (Å²) in [6.07, 6.45) is 2.48. The highest BCUT2D eigenvalue weighted by atomic mass is 15.1. The molecule has 1 aliphatic rings. The van der Waals surface area contributed by atoms with Gasteiger partial charge in [0, 0.05) is 19.1 Å². The molecule has 4 heteroatoms. The number of aryl methyl sites for hydroxylation is 1. The van der Waals surface area contributed by atoms with Crippen LogP contribution in [0.3, 0.4) is 0 Å². The van der Waals surface area contributed by atoms with Gasteiger partial charge in [0.15, 0.2) is 0 Å². The number of imidazole rings is 1. The predicted octanol–water partition coefficient (Wildman–Crippen LogP) is 1.69. The summed E-state index contributed by atoms with van der Waals surface area (Å²) in [4.78, 5) is 4.60. The Balaban J connectivity index is 1.63. The van der Waals surface area contributed by atoms with Crippen LogP contribution in [-0.2, 0) is 6.54 Å². The lowest BCUT2D eigenvalue weighted by Gasteiger charge is -2.24. The van der Waals surface area contributed by atoms with Gasteiger partial charge in [0.2, 0.25) is 0 Å². The molecule has 19 heavy (non-hydrogen) atoms. The summed E-state index contributed by atoms with van der Waals surface area (Å²) in [7, 11) is 0. The molecule has 0 amide bonds. The summed E-state index contributed by atoms with van der Waals surface area (Å²) >= 11 is 0. The van der Waals surface area contributed by atoms with E-state index in [-0.39, 0.29) is 0 Å². The van der Waals surface area contributed by atoms with Crippen molar-refractivity contribution in [1.29, 1.82) is 0 Å². The van der Waals surface area contributed by atoms with Gasteiger partial charge in [-0.3, -0.25) is 0 Å². The Morgan fingerprint density at radius 2 is 2.11 bits per heavy atom. The summed E-state index contributed by atoms with van der Waals surface area (Å²) in [5.74, 6) is 1.10. The summed E-state index contributed by atoms with van der Waals surface area (Å²) in [5.41, 5.74) is 2.34. The number of rotatable bonds is 4. The van der Waals surface area contributed by atoms with Gasteiger partial charge in [-0.2, -0.15) is 0 Å². The molecule has 0 aliphatic carbocycles. The lowest BCUT2D eigenvalue weighted by Crippen LogP contribution is -2.41. The van der Waals surface area contributed by atoms with E-state index in [2.05, 4.69) is 45.3 Å². The highest BCUT2D eigenvalue weighted by Crippen LogP contribution is 2.14. The van der Waals surface area contributed by atoms with E-state index < -0.39 is 0 Å². The number of benzene rings is 1. The van der Waals surface area contributed by atoms with Crippen molar-refractivity contribution >= 4 is 11.0 Å². The van der Waals surface area contributed by atoms with E-state index >= 15 is 0 Å². The Morgan fingerprint density at radius 1 is 1.32 bits per heavy atom. The predicted molar refractivity (Wildman–Crippen MR) is 78.4 cm³/mol. The maximum absolute atomic E-state index is 4.60. The fraction of sp³-hybridized carbons (Fsp3) is 0.533. The van der Waals surface area contributed by atoms with Crippen molar-refractivity contribution in [2.24, 2.45) is 0 Å². The zero-order chi connectivity index (χ0) is 13.1. The molecule has 2 heterocycles. The number of hydrogen-bond donors (Lipinski definition) is 2. The molecule has 102 valence electrons. The first-order valence-electron chi connectivity index (χ1n) is 7.20. The van der Waals surface area contributed by atoms with Gasteiger partial charge in [-0.05, 0) is 45.0 Å². The Morgan fingerprint density at radius 3 is 2.95 bits per heavy atom. The molecule has 0 bridgehead atoms. The van der Waals surface area contributed by atoms with Gasteiger partial charge >= 0.3 is 0 Å². The van der Waals surface area contributed by atoms with Gasteiger partial charge in [-0.15, -0.1) is 0 Å². The summed E-state index contributed by atoms with van der Waals surface area (Å²) in [5, 5.41) is 7.06. The minimum atomic E-state index is 0.677. The molecule has 0 saturated carbocycles. The van der Waals surface area contributed by atoms with E-state index in [9.17, 15) is 0 Å². The molecule has 1 fully saturated rings. The van der Waals surface area contributed by atoms with Crippen LogP contribution in [0, 0.1) is 6.92 Å². The number of para-hydroxylation sites is 2. The minimum absolute atomic E-state index is 0.677. The molecule has 1 aromatic carbocycles. The van der Waals surface area contributed by atoms with Gasteiger partial charge in [-0.25, -0.2) is 4.98 Å². The number of piperidine rings is 1. The highest BCUT2D eigenvalue weighted by Gasteiger charge is 2.12. The Bertz CT molecular complexity index is 540. The Kier molecular flexibility index (Phi) is 3.80. The topological polar surface area (TPSA) is 41.9 Å². The number of nitrogens with one attached hydrogen (secondary N) is 2. The molecule has 0 atom stereocenters. The first-order valence-corrected chi connectivity index (χ1v) is 7.20. The monoisotopic (exact) mass is 258 g/mol. The van der Waals surface area contributed by atoms with Gasteiger partial charge in [0.1, 0.15) is 5.82 Å². The van der Waals surface area contributed by atoms with Gasteiger partial charge in [-0.1, -0.05) is 12.1 Å². The van der Waals surface area contributed by atoms with E-state index in [4.69, 9.17) is 0 Å². The molecular formula is C15H22N4. The number of fused-ring (bicyclic) bond motifs is 1. The van der Waals surface area contributed by atoms with Crippen molar-refractivity contribution in [1.82, 2.24) is 20.2 Å². The van der Waals surface area contributed by atoms with Crippen LogP contribution in [-0.4, -0.2) is 35.2 Å². The van der Waals surface area contributed by atoms with E-state index in [1.807, 2.05) is 6.07 Å². The lowest BCUT2D eigenvalue weighted by atomic mass is 10.1. The molecular weight excluding hydrogens is 236 g/mol. The van der Waals surface area contributed by atoms with Crippen molar-refractivity contribution in [3.8, 4) is 0 Å². The van der Waals surface area contributed by atoms with Crippen LogP contribution in [0.2, 0.25) is 0 Å². The lowest BCUT2D eigenvalue weighted by molar-refractivity contribution is 0.381. The molecule has 4 nitrogen and oxygen atoms in total. The average Bonchev–Trinajstić information content (AvgIpc) is 2.76. The van der Waals surface area contributed by atoms with Gasteiger partial charge in [0.05, 0.1) is 11.0 Å². The molecule has 1 aliphatic heterocycles. The first-order chi connectivity index (χ1) is 9.34. The van der Waals surface area contributed by atoms with Gasteiger partial charge in [0.25, 0.3) is 0 Å². The smallest absolute Gasteiger partial charge is 0.106 e. The third-order valence-corrected chi connectivity index (χ3v) is 3.95. The van der Waals surface area contributed by atoms with Crippen LogP contribution in [0.25, 0.3) is 11.0 Å². The van der Waals surface area contributed by atoms with Crippen molar-refractivity contribution in [3.63, 3.8) is 0 Å². The normalized spacial score (nSPS) is 17.1. The Labute approximate surface area is 114 Å². The van der Waals surface area contributed by atoms with E-state index in [1.54, 1.807) is 0 Å². The van der Waals surface area contributed by atoms with Crippen LogP contribution < -0.4 is 10.6 Å². The van der Waals surface area contributed by atoms with Crippen molar-refractivity contribution < 1.29 is 0 Å². The van der Waals surface area contributed by atoms with Crippen LogP contribution in [0.15, 0.2) is 24.3 Å². The second-order valence-corrected chi connectivity index (χ2v) is 5.28. The second kappa shape index (κ2) is 5.72. The maximum atomic E-state index is 4.60. The number of hydrogen-bond acceptors (Lipinski definition) is 3. The molecule has 1 saturated heterocycles. The summed E-state index contributed by atoms with van der Waals surface area (Å²) < 4.78 is 2.31. The average molecular weight is 258 g/mol. The highest BCUT2D eigenvalue weighted by molar-refractivity contribution is 5.75. The molecule has 0 spiro atoms. The van der Waals surface area contributed by atoms with Gasteiger partial charge < -0.3 is 15.2 Å². The number of aromatic nitrogens is 2. The first kappa shape index (κ1) is 12.6. The largest absolute Gasteiger partial charge is 0.327 e. The third-order valence-electron chi connectivity index (χ3n) is 3.95. The molecule has 2 N–H and O–H groups in total. The molecule has 0 unspecified atom stereocenters. The molecule has 1 aromatic heterocycles. The summed E-state index contributed by atoms with van der Waals surface area (Å²) in [6.45, 7) is 6.39. The van der Waals surface area contributed by atoms with Crippen molar-refractivity contribution in [2.45, 2.75) is 32.4 Å². The minimum Gasteiger partial charge on any atom is -0.327 e. The molecule has 2 aromatic rings. The fourth-order valence-electron chi connectivity index (χ4n) is 2.88. The van der Waals surface area contributed by atoms with Crippen molar-refractivity contribution in [2.75, 3.05) is 19.6 Å². The molecule has 0 radical (unpaired) electrons. The quantitative estimate of drug-likeness (QED) is 0.877. The maximum Gasteiger partial charge on any atom is 0.106 e. The van der Waals surface area contributed by atoms with E-state index in [1.165, 1.54) is 18.4 Å². The van der Waals surface area contributed by atoms with E-state index in [0.717, 1.165) is 37.5 Å². The van der Waals surface area contributed by atoms with Crippen LogP contribution in [0.4, 0.5) is 0 Å². The number of nitrogens with zero attached hydrogens (tertiary/aromatic N) is 2. The Hall–Kier alpha value is -1.39. The molecule has 3 rings (SSSR count). The standard InChI is InChI=1S/C15H22N4/c1-12-18-14-4-2-3-5-15(14)19(12)11-10-17-13-6-8-16-9-7-13/h2-5,13,16-17H,6-11H2,1H3. The van der Waals surface area contributed by atoms with Crippen LogP contribution in [0.1, 0.15) is 18.7 Å². The van der Waals surface area contributed by atoms with E-state index in [0.29, 0.717) is 6.04 Å². The van der Waals surface area contributed by atoms with Crippen LogP contribution >= 0.6 is 0 Å².